The minimum atomic E-state index is -0.280. The molecule has 1 aliphatic heterocycles. The zero-order valence-electron chi connectivity index (χ0n) is 12.3. The van der Waals surface area contributed by atoms with Crippen LogP contribution in [-0.4, -0.2) is 29.8 Å². The Bertz CT molecular complexity index is 494. The second-order valence-corrected chi connectivity index (χ2v) is 5.35. The number of hydrogen-bond donors (Lipinski definition) is 1. The van der Waals surface area contributed by atoms with Gasteiger partial charge in [0.15, 0.2) is 0 Å². The third-order valence-electron chi connectivity index (χ3n) is 3.90. The van der Waals surface area contributed by atoms with E-state index in [4.69, 9.17) is 0 Å². The van der Waals surface area contributed by atoms with Crippen LogP contribution in [-0.2, 0) is 16.1 Å². The SMILES string of the molecule is CCC(=O)N1CCC(C(=O)NCc2ccc(F)cc2)CC1. The Hall–Kier alpha value is -1.91. The summed E-state index contributed by atoms with van der Waals surface area (Å²) in [6.07, 6.45) is 1.93. The molecule has 2 rings (SSSR count). The van der Waals surface area contributed by atoms with E-state index >= 15 is 0 Å². The van der Waals surface area contributed by atoms with Crippen LogP contribution in [0.25, 0.3) is 0 Å². The minimum absolute atomic E-state index is 0.0166. The van der Waals surface area contributed by atoms with Gasteiger partial charge in [-0.2, -0.15) is 0 Å². The maximum atomic E-state index is 12.8. The van der Waals surface area contributed by atoms with Crippen molar-refractivity contribution in [2.45, 2.75) is 32.7 Å². The molecule has 1 saturated heterocycles. The minimum Gasteiger partial charge on any atom is -0.352 e. The van der Waals surface area contributed by atoms with Crippen LogP contribution in [0.15, 0.2) is 24.3 Å². The van der Waals surface area contributed by atoms with Gasteiger partial charge in [-0.3, -0.25) is 9.59 Å². The smallest absolute Gasteiger partial charge is 0.223 e. The summed E-state index contributed by atoms with van der Waals surface area (Å²) >= 11 is 0. The van der Waals surface area contributed by atoms with Gasteiger partial charge in [-0.1, -0.05) is 19.1 Å². The molecule has 1 N–H and O–H groups in total. The lowest BCUT2D eigenvalue weighted by molar-refractivity contribution is -0.135. The standard InChI is InChI=1S/C16H21FN2O2/c1-2-15(20)19-9-7-13(8-10-19)16(21)18-11-12-3-5-14(17)6-4-12/h3-6,13H,2,7-11H2,1H3,(H,18,21). The van der Waals surface area contributed by atoms with Crippen molar-refractivity contribution in [3.05, 3.63) is 35.6 Å². The fourth-order valence-corrected chi connectivity index (χ4v) is 2.55. The van der Waals surface area contributed by atoms with Crippen molar-refractivity contribution >= 4 is 11.8 Å². The summed E-state index contributed by atoms with van der Waals surface area (Å²) in [5, 5.41) is 2.88. The summed E-state index contributed by atoms with van der Waals surface area (Å²) in [5.74, 6) is -0.146. The third kappa shape index (κ3) is 4.28. The van der Waals surface area contributed by atoms with Gasteiger partial charge in [-0.25, -0.2) is 4.39 Å². The zero-order valence-corrected chi connectivity index (χ0v) is 12.3. The summed E-state index contributed by atoms with van der Waals surface area (Å²) < 4.78 is 12.8. The first-order chi connectivity index (χ1) is 10.1. The van der Waals surface area contributed by atoms with Gasteiger partial charge >= 0.3 is 0 Å². The molecule has 21 heavy (non-hydrogen) atoms. The normalized spacial score (nSPS) is 15.8. The van der Waals surface area contributed by atoms with E-state index in [1.54, 1.807) is 12.1 Å². The maximum Gasteiger partial charge on any atom is 0.223 e. The number of carbonyl (C=O) groups is 2. The molecule has 4 nitrogen and oxygen atoms in total. The van der Waals surface area contributed by atoms with Crippen molar-refractivity contribution < 1.29 is 14.0 Å². The topological polar surface area (TPSA) is 49.4 Å². The number of hydrogen-bond acceptors (Lipinski definition) is 2. The Kier molecular flexibility index (Phi) is 5.31. The lowest BCUT2D eigenvalue weighted by atomic mass is 9.95. The highest BCUT2D eigenvalue weighted by Crippen LogP contribution is 2.18. The van der Waals surface area contributed by atoms with E-state index in [0.717, 1.165) is 5.56 Å². The van der Waals surface area contributed by atoms with Gasteiger partial charge in [0.05, 0.1) is 0 Å². The quantitative estimate of drug-likeness (QED) is 0.924. The molecule has 1 heterocycles. The third-order valence-corrected chi connectivity index (χ3v) is 3.90. The van der Waals surface area contributed by atoms with Gasteiger partial charge in [0.25, 0.3) is 0 Å². The number of halogens is 1. The average molecular weight is 292 g/mol. The van der Waals surface area contributed by atoms with Crippen LogP contribution in [0.5, 0.6) is 0 Å². The summed E-state index contributed by atoms with van der Waals surface area (Å²) in [7, 11) is 0. The average Bonchev–Trinajstić information content (AvgIpc) is 2.53. The van der Waals surface area contributed by atoms with Crippen molar-refractivity contribution in [2.24, 2.45) is 5.92 Å². The molecule has 1 aliphatic rings. The van der Waals surface area contributed by atoms with Gasteiger partial charge in [0, 0.05) is 32.0 Å². The van der Waals surface area contributed by atoms with Crippen LogP contribution < -0.4 is 5.32 Å². The molecule has 0 bridgehead atoms. The van der Waals surface area contributed by atoms with Gasteiger partial charge < -0.3 is 10.2 Å². The van der Waals surface area contributed by atoms with Crippen molar-refractivity contribution in [2.75, 3.05) is 13.1 Å². The Morgan fingerprint density at radius 1 is 1.24 bits per heavy atom. The molecule has 0 atom stereocenters. The van der Waals surface area contributed by atoms with E-state index in [-0.39, 0.29) is 23.5 Å². The maximum absolute atomic E-state index is 12.8. The Balaban J connectivity index is 1.77. The summed E-state index contributed by atoms with van der Waals surface area (Å²) in [5.41, 5.74) is 0.878. The first kappa shape index (κ1) is 15.5. The van der Waals surface area contributed by atoms with E-state index < -0.39 is 0 Å². The highest BCUT2D eigenvalue weighted by atomic mass is 19.1. The molecule has 0 saturated carbocycles. The van der Waals surface area contributed by atoms with Crippen LogP contribution in [0.4, 0.5) is 4.39 Å². The number of carbonyl (C=O) groups excluding carboxylic acids is 2. The van der Waals surface area contributed by atoms with Crippen LogP contribution in [0.1, 0.15) is 31.7 Å². The van der Waals surface area contributed by atoms with E-state index in [1.807, 2.05) is 11.8 Å². The predicted octanol–water partition coefficient (Wildman–Crippen LogP) is 2.09. The van der Waals surface area contributed by atoms with Crippen molar-refractivity contribution in [1.29, 1.82) is 0 Å². The summed E-state index contributed by atoms with van der Waals surface area (Å²) in [4.78, 5) is 25.5. The molecule has 0 aliphatic carbocycles. The molecule has 1 aromatic carbocycles. The largest absolute Gasteiger partial charge is 0.352 e. The molecule has 1 aromatic rings. The second kappa shape index (κ2) is 7.20. The second-order valence-electron chi connectivity index (χ2n) is 5.35. The Labute approximate surface area is 124 Å². The van der Waals surface area contributed by atoms with Gasteiger partial charge in [0.1, 0.15) is 5.82 Å². The lowest BCUT2D eigenvalue weighted by Gasteiger charge is -2.31. The predicted molar refractivity (Wildman–Crippen MR) is 77.8 cm³/mol. The van der Waals surface area contributed by atoms with E-state index in [1.165, 1.54) is 12.1 Å². The molecule has 0 spiro atoms. The van der Waals surface area contributed by atoms with E-state index in [2.05, 4.69) is 5.32 Å². The highest BCUT2D eigenvalue weighted by molar-refractivity contribution is 5.80. The molecule has 5 heteroatoms. The van der Waals surface area contributed by atoms with Crippen molar-refractivity contribution in [3.63, 3.8) is 0 Å². The van der Waals surface area contributed by atoms with Crippen LogP contribution in [0.2, 0.25) is 0 Å². The molecule has 0 aromatic heterocycles. The number of amides is 2. The number of rotatable bonds is 4. The molecular formula is C16H21FN2O2. The number of nitrogens with zero attached hydrogens (tertiary/aromatic N) is 1. The summed E-state index contributed by atoms with van der Waals surface area (Å²) in [6.45, 7) is 3.57. The van der Waals surface area contributed by atoms with Gasteiger partial charge in [-0.05, 0) is 30.5 Å². The van der Waals surface area contributed by atoms with Gasteiger partial charge in [-0.15, -0.1) is 0 Å². The van der Waals surface area contributed by atoms with Crippen LogP contribution in [0.3, 0.4) is 0 Å². The molecule has 0 unspecified atom stereocenters. The van der Waals surface area contributed by atoms with E-state index in [0.29, 0.717) is 38.9 Å². The first-order valence-corrected chi connectivity index (χ1v) is 7.40. The fraction of sp³-hybridized carbons (Fsp3) is 0.500. The lowest BCUT2D eigenvalue weighted by Crippen LogP contribution is -2.42. The fourth-order valence-electron chi connectivity index (χ4n) is 2.55. The van der Waals surface area contributed by atoms with Crippen LogP contribution >= 0.6 is 0 Å². The molecule has 114 valence electrons. The van der Waals surface area contributed by atoms with E-state index in [9.17, 15) is 14.0 Å². The number of likely N-dealkylation sites (tertiary alicyclic amines) is 1. The number of piperidine rings is 1. The number of benzene rings is 1. The molecular weight excluding hydrogens is 271 g/mol. The molecule has 0 radical (unpaired) electrons. The van der Waals surface area contributed by atoms with Crippen LogP contribution in [0, 0.1) is 11.7 Å². The Morgan fingerprint density at radius 2 is 1.86 bits per heavy atom. The molecule has 1 fully saturated rings. The number of nitrogens with one attached hydrogen (secondary N) is 1. The zero-order chi connectivity index (χ0) is 15.2. The van der Waals surface area contributed by atoms with Gasteiger partial charge in [0.2, 0.25) is 11.8 Å². The highest BCUT2D eigenvalue weighted by Gasteiger charge is 2.26. The van der Waals surface area contributed by atoms with Crippen molar-refractivity contribution in [1.82, 2.24) is 10.2 Å². The Morgan fingerprint density at radius 3 is 2.43 bits per heavy atom. The monoisotopic (exact) mass is 292 g/mol. The van der Waals surface area contributed by atoms with Crippen molar-refractivity contribution in [3.8, 4) is 0 Å². The summed E-state index contributed by atoms with van der Waals surface area (Å²) in [6, 6.07) is 6.10. The molecule has 2 amide bonds. The first-order valence-electron chi connectivity index (χ1n) is 7.40.